The number of ketones is 3. The number of benzene rings is 4. The molecule has 33 heavy (non-hydrogen) atoms. The van der Waals surface area contributed by atoms with E-state index in [0.717, 1.165) is 0 Å². The highest BCUT2D eigenvalue weighted by molar-refractivity contribution is 6.18. The van der Waals surface area contributed by atoms with Gasteiger partial charge < -0.3 is 4.74 Å². The normalized spacial score (nSPS) is 13.6. The molecule has 0 amide bonds. The highest BCUT2D eigenvalue weighted by Gasteiger charge is 2.50. The molecule has 1 aliphatic carbocycles. The van der Waals surface area contributed by atoms with Gasteiger partial charge >= 0.3 is 0 Å². The van der Waals surface area contributed by atoms with Crippen LogP contribution in [-0.2, 0) is 10.3 Å². The molecule has 0 saturated heterocycles. The van der Waals surface area contributed by atoms with Crippen molar-refractivity contribution in [1.29, 1.82) is 0 Å². The van der Waals surface area contributed by atoms with Crippen LogP contribution in [0.2, 0.25) is 0 Å². The first-order valence-electron chi connectivity index (χ1n) is 10.7. The van der Waals surface area contributed by atoms with Gasteiger partial charge in [0, 0.05) is 33.4 Å². The topological polar surface area (TPSA) is 60.4 Å². The summed E-state index contributed by atoms with van der Waals surface area (Å²) < 4.78 is 6.35. The predicted molar refractivity (Wildman–Crippen MR) is 125 cm³/mol. The molecule has 0 N–H and O–H groups in total. The van der Waals surface area contributed by atoms with Crippen LogP contribution in [0.3, 0.4) is 0 Å². The molecular formula is C29H20O4. The van der Waals surface area contributed by atoms with Gasteiger partial charge in [0.25, 0.3) is 0 Å². The van der Waals surface area contributed by atoms with Gasteiger partial charge in [-0.05, 0) is 0 Å². The smallest absolute Gasteiger partial charge is 0.203 e. The fraction of sp³-hybridized carbons (Fsp3) is 0.0690. The molecule has 4 nitrogen and oxygen atoms in total. The number of carbonyl (C=O) groups excluding carboxylic acids is 3. The minimum Gasteiger partial charge on any atom is -0.349 e. The highest BCUT2D eigenvalue weighted by atomic mass is 16.5. The zero-order valence-electron chi connectivity index (χ0n) is 17.7. The molecule has 0 spiro atoms. The second-order valence-electron chi connectivity index (χ2n) is 7.87. The third kappa shape index (κ3) is 3.41. The molecule has 0 bridgehead atoms. The van der Waals surface area contributed by atoms with Crippen LogP contribution in [0.15, 0.2) is 109 Å². The average molecular weight is 432 g/mol. The van der Waals surface area contributed by atoms with E-state index in [9.17, 15) is 14.4 Å². The van der Waals surface area contributed by atoms with Gasteiger partial charge in [0.05, 0.1) is 0 Å². The Bertz CT molecular complexity index is 1310. The van der Waals surface area contributed by atoms with E-state index in [1.54, 1.807) is 97.1 Å². The van der Waals surface area contributed by atoms with Crippen molar-refractivity contribution in [1.82, 2.24) is 0 Å². The molecule has 0 saturated carbocycles. The van der Waals surface area contributed by atoms with Crippen molar-refractivity contribution < 1.29 is 19.1 Å². The summed E-state index contributed by atoms with van der Waals surface area (Å²) in [5.41, 5.74) is 0.983. The van der Waals surface area contributed by atoms with E-state index >= 15 is 0 Å². The summed E-state index contributed by atoms with van der Waals surface area (Å²) in [6.45, 7) is -0.320. The summed E-state index contributed by atoms with van der Waals surface area (Å²) in [6.07, 6.45) is 0. The number of fused-ring (bicyclic) bond motifs is 2. The maximum absolute atomic E-state index is 14.2. The molecule has 1 aliphatic rings. The van der Waals surface area contributed by atoms with E-state index in [0.29, 0.717) is 33.4 Å². The molecule has 4 aromatic rings. The molecule has 0 unspecified atom stereocenters. The van der Waals surface area contributed by atoms with Crippen LogP contribution in [0.4, 0.5) is 0 Å². The summed E-state index contributed by atoms with van der Waals surface area (Å²) in [4.78, 5) is 40.4. The SMILES string of the molecule is O=C(COC1(C(=O)c2ccccc2)c2ccccc2C(=O)c2ccccc21)c1ccccc1. The first-order chi connectivity index (χ1) is 16.1. The lowest BCUT2D eigenvalue weighted by molar-refractivity contribution is -0.00156. The van der Waals surface area contributed by atoms with Gasteiger partial charge in [-0.15, -0.1) is 0 Å². The maximum Gasteiger partial charge on any atom is 0.203 e. The third-order valence-corrected chi connectivity index (χ3v) is 5.97. The van der Waals surface area contributed by atoms with Crippen molar-refractivity contribution >= 4 is 17.3 Å². The van der Waals surface area contributed by atoms with E-state index in [4.69, 9.17) is 4.74 Å². The molecule has 0 aromatic heterocycles. The molecule has 160 valence electrons. The fourth-order valence-corrected chi connectivity index (χ4v) is 4.41. The molecule has 4 aromatic carbocycles. The highest BCUT2D eigenvalue weighted by Crippen LogP contribution is 2.45. The average Bonchev–Trinajstić information content (AvgIpc) is 2.89. The lowest BCUT2D eigenvalue weighted by Crippen LogP contribution is -2.46. The first-order valence-corrected chi connectivity index (χ1v) is 10.7. The third-order valence-electron chi connectivity index (χ3n) is 5.97. The molecule has 4 heteroatoms. The molecule has 0 heterocycles. The Morgan fingerprint density at radius 1 is 0.606 bits per heavy atom. The number of hydrogen-bond donors (Lipinski definition) is 0. The van der Waals surface area contributed by atoms with E-state index in [1.165, 1.54) is 0 Å². The van der Waals surface area contributed by atoms with Crippen molar-refractivity contribution in [2.24, 2.45) is 0 Å². The van der Waals surface area contributed by atoms with Gasteiger partial charge in [0.2, 0.25) is 5.78 Å². The Morgan fingerprint density at radius 2 is 1.06 bits per heavy atom. The van der Waals surface area contributed by atoms with Crippen LogP contribution < -0.4 is 0 Å². The number of Topliss-reactive ketones (excluding diaryl/α,β-unsaturated/α-hetero) is 2. The predicted octanol–water partition coefficient (Wildman–Crippen LogP) is 5.26. The number of rotatable bonds is 6. The second kappa shape index (κ2) is 8.41. The number of carbonyl (C=O) groups is 3. The Kier molecular flexibility index (Phi) is 5.29. The Morgan fingerprint density at radius 3 is 1.61 bits per heavy atom. The zero-order chi connectivity index (χ0) is 22.8. The molecule has 5 rings (SSSR count). The minimum absolute atomic E-state index is 0.171. The Labute approximate surface area is 191 Å². The van der Waals surface area contributed by atoms with E-state index in [1.807, 2.05) is 12.1 Å². The second-order valence-corrected chi connectivity index (χ2v) is 7.87. The summed E-state index contributed by atoms with van der Waals surface area (Å²) in [5.74, 6) is -0.741. The minimum atomic E-state index is -1.63. The summed E-state index contributed by atoms with van der Waals surface area (Å²) >= 11 is 0. The van der Waals surface area contributed by atoms with Crippen LogP contribution in [0.25, 0.3) is 0 Å². The van der Waals surface area contributed by atoms with Crippen molar-refractivity contribution in [2.75, 3.05) is 6.61 Å². The van der Waals surface area contributed by atoms with Crippen LogP contribution >= 0.6 is 0 Å². The number of hydrogen-bond acceptors (Lipinski definition) is 4. The standard InChI is InChI=1S/C29H20O4/c30-26(20-11-3-1-4-12-20)19-33-29(28(32)21-13-5-2-6-14-21)24-17-9-7-15-22(24)27(31)23-16-8-10-18-25(23)29/h1-18H,19H2. The molecule has 0 radical (unpaired) electrons. The van der Waals surface area contributed by atoms with Crippen LogP contribution in [0, 0.1) is 0 Å². The number of ether oxygens (including phenoxy) is 1. The van der Waals surface area contributed by atoms with E-state index in [-0.39, 0.29) is 24.0 Å². The van der Waals surface area contributed by atoms with Gasteiger partial charge in [-0.3, -0.25) is 14.4 Å². The Hall–Kier alpha value is -4.15. The summed E-state index contributed by atoms with van der Waals surface area (Å²) in [6, 6.07) is 31.6. The maximum atomic E-state index is 14.2. The van der Waals surface area contributed by atoms with Gasteiger partial charge in [-0.1, -0.05) is 109 Å². The lowest BCUT2D eigenvalue weighted by Gasteiger charge is -2.38. The first kappa shape index (κ1) is 20.7. The van der Waals surface area contributed by atoms with Crippen molar-refractivity contribution in [3.05, 3.63) is 143 Å². The van der Waals surface area contributed by atoms with Gasteiger partial charge in [-0.25, -0.2) is 0 Å². The molecule has 0 aliphatic heterocycles. The van der Waals surface area contributed by atoms with Crippen molar-refractivity contribution in [3.63, 3.8) is 0 Å². The Balaban J connectivity index is 1.71. The van der Waals surface area contributed by atoms with E-state index < -0.39 is 5.60 Å². The summed E-state index contributed by atoms with van der Waals surface area (Å²) in [5, 5.41) is 0. The van der Waals surface area contributed by atoms with Gasteiger partial charge in [0.15, 0.2) is 17.2 Å². The van der Waals surface area contributed by atoms with Crippen molar-refractivity contribution in [3.8, 4) is 0 Å². The quantitative estimate of drug-likeness (QED) is 0.390. The fourth-order valence-electron chi connectivity index (χ4n) is 4.41. The lowest BCUT2D eigenvalue weighted by atomic mass is 9.70. The van der Waals surface area contributed by atoms with Gasteiger partial charge in [0.1, 0.15) is 6.61 Å². The van der Waals surface area contributed by atoms with Crippen LogP contribution in [0.5, 0.6) is 0 Å². The largest absolute Gasteiger partial charge is 0.349 e. The monoisotopic (exact) mass is 432 g/mol. The molecule has 0 atom stereocenters. The van der Waals surface area contributed by atoms with Gasteiger partial charge in [-0.2, -0.15) is 0 Å². The van der Waals surface area contributed by atoms with Crippen molar-refractivity contribution in [2.45, 2.75) is 5.60 Å². The molecule has 0 fully saturated rings. The van der Waals surface area contributed by atoms with Crippen LogP contribution in [0.1, 0.15) is 47.8 Å². The zero-order valence-corrected chi connectivity index (χ0v) is 17.7. The summed E-state index contributed by atoms with van der Waals surface area (Å²) in [7, 11) is 0. The molecular weight excluding hydrogens is 412 g/mol. The van der Waals surface area contributed by atoms with Crippen LogP contribution in [-0.4, -0.2) is 24.0 Å². The van der Waals surface area contributed by atoms with E-state index in [2.05, 4.69) is 0 Å².